The van der Waals surface area contributed by atoms with Gasteiger partial charge in [-0.15, -0.1) is 0 Å². The average Bonchev–Trinajstić information content (AvgIpc) is 2.79. The minimum absolute atomic E-state index is 0.118. The maximum atomic E-state index is 12.0. The van der Waals surface area contributed by atoms with Gasteiger partial charge in [0.2, 0.25) is 5.95 Å². The number of hydrogen-bond donors (Lipinski definition) is 5. The van der Waals surface area contributed by atoms with E-state index < -0.39 is 13.0 Å². The van der Waals surface area contributed by atoms with Crippen molar-refractivity contribution in [3.05, 3.63) is 23.1 Å². The smallest absolute Gasteiger partial charge is 0.255 e. The van der Waals surface area contributed by atoms with Gasteiger partial charge < -0.3 is 26.8 Å². The molecule has 112 valence electrons. The van der Waals surface area contributed by atoms with Crippen molar-refractivity contribution in [2.24, 2.45) is 0 Å². The fourth-order valence-electron chi connectivity index (χ4n) is 1.58. The molecule has 0 bridgehead atoms. The van der Waals surface area contributed by atoms with Crippen molar-refractivity contribution in [1.29, 1.82) is 5.41 Å². The first-order valence-electron chi connectivity index (χ1n) is 5.80. The Morgan fingerprint density at radius 2 is 2.29 bits per heavy atom. The molecule has 0 saturated heterocycles. The first kappa shape index (κ1) is 15.0. The molecular weight excluding hydrogens is 304 g/mol. The van der Waals surface area contributed by atoms with Gasteiger partial charge in [0.05, 0.1) is 22.7 Å². The van der Waals surface area contributed by atoms with Crippen molar-refractivity contribution in [3.8, 4) is 0 Å². The molecule has 6 N–H and O–H groups in total. The van der Waals surface area contributed by atoms with E-state index in [1.807, 2.05) is 0 Å². The first-order valence-corrected chi connectivity index (χ1v) is 6.18. The summed E-state index contributed by atoms with van der Waals surface area (Å²) in [6.07, 6.45) is 1.20. The molecule has 0 aliphatic carbocycles. The number of alkyl halides is 2. The number of H-pyrrole nitrogens is 1. The third-order valence-electron chi connectivity index (χ3n) is 2.45. The number of aromatic nitrogens is 3. The molecule has 2 aromatic rings. The molecule has 21 heavy (non-hydrogen) atoms. The largest absolute Gasteiger partial charge is 0.383 e. The van der Waals surface area contributed by atoms with E-state index in [0.29, 0.717) is 16.1 Å². The summed E-state index contributed by atoms with van der Waals surface area (Å²) in [6, 6.07) is 0. The lowest BCUT2D eigenvalue weighted by molar-refractivity contribution is 0.150. The van der Waals surface area contributed by atoms with Crippen LogP contribution in [0, 0.1) is 5.41 Å². The van der Waals surface area contributed by atoms with Gasteiger partial charge in [-0.05, 0) is 0 Å². The topological polar surface area (TPSA) is 116 Å². The fourth-order valence-corrected chi connectivity index (χ4v) is 1.82. The highest BCUT2D eigenvalue weighted by atomic mass is 35.5. The van der Waals surface area contributed by atoms with Crippen LogP contribution in [0.15, 0.2) is 18.1 Å². The van der Waals surface area contributed by atoms with Gasteiger partial charge in [0.1, 0.15) is 11.5 Å². The summed E-state index contributed by atoms with van der Waals surface area (Å²) in [7, 11) is 0. The lowest BCUT2D eigenvalue weighted by Gasteiger charge is -2.07. The van der Waals surface area contributed by atoms with Gasteiger partial charge >= 0.3 is 0 Å². The van der Waals surface area contributed by atoms with Crippen LogP contribution >= 0.6 is 11.6 Å². The molecule has 2 heterocycles. The molecule has 0 atom stereocenters. The van der Waals surface area contributed by atoms with Gasteiger partial charge in [-0.25, -0.2) is 8.78 Å². The number of allylic oxidation sites excluding steroid dienone is 1. The van der Waals surface area contributed by atoms with E-state index in [1.54, 1.807) is 0 Å². The van der Waals surface area contributed by atoms with Crippen LogP contribution in [0.4, 0.5) is 20.5 Å². The minimum atomic E-state index is -2.49. The van der Waals surface area contributed by atoms with Crippen molar-refractivity contribution in [3.63, 3.8) is 0 Å². The summed E-state index contributed by atoms with van der Waals surface area (Å²) in [6.45, 7) is -0.521. The maximum absolute atomic E-state index is 12.0. The van der Waals surface area contributed by atoms with Gasteiger partial charge in [0, 0.05) is 18.6 Å². The molecule has 10 heteroatoms. The molecule has 0 saturated carbocycles. The molecule has 0 radical (unpaired) electrons. The summed E-state index contributed by atoms with van der Waals surface area (Å²) < 4.78 is 24.0. The predicted molar refractivity (Wildman–Crippen MR) is 77.8 cm³/mol. The summed E-state index contributed by atoms with van der Waals surface area (Å²) in [4.78, 5) is 10.9. The first-order chi connectivity index (χ1) is 10.0. The highest BCUT2D eigenvalue weighted by molar-refractivity contribution is 6.36. The zero-order valence-electron chi connectivity index (χ0n) is 10.6. The molecule has 0 spiro atoms. The van der Waals surface area contributed by atoms with Crippen molar-refractivity contribution in [2.75, 3.05) is 17.6 Å². The number of rotatable bonds is 6. The number of hydrogen-bond acceptors (Lipinski definition) is 6. The lowest BCUT2D eigenvalue weighted by atomic mass is 10.4. The fraction of sp³-hybridized carbons (Fsp3) is 0.182. The molecule has 0 fully saturated rings. The van der Waals surface area contributed by atoms with E-state index in [9.17, 15) is 8.78 Å². The standard InChI is InChI=1S/C11H12ClF2N7/c12-6-3-18-10-8(6)9(16)20-11(21-10)19-5(1-15)2-17-4-7(13)14/h1-3,7,15,17H,4H2,(H4,16,18,19,20,21)/b5-2+,15-1?. The van der Waals surface area contributed by atoms with Crippen LogP contribution in [0.25, 0.3) is 11.0 Å². The summed E-state index contributed by atoms with van der Waals surface area (Å²) >= 11 is 5.92. The number of nitrogen functional groups attached to an aromatic ring is 1. The quantitative estimate of drug-likeness (QED) is 0.523. The Labute approximate surface area is 123 Å². The molecule has 7 nitrogen and oxygen atoms in total. The maximum Gasteiger partial charge on any atom is 0.255 e. The van der Waals surface area contributed by atoms with Crippen LogP contribution < -0.4 is 16.4 Å². The Morgan fingerprint density at radius 3 is 2.95 bits per heavy atom. The second-order valence-corrected chi connectivity index (χ2v) is 4.37. The van der Waals surface area contributed by atoms with Crippen molar-refractivity contribution in [2.45, 2.75) is 6.43 Å². The Morgan fingerprint density at radius 1 is 1.52 bits per heavy atom. The van der Waals surface area contributed by atoms with Crippen LogP contribution in [0.3, 0.4) is 0 Å². The normalized spacial score (nSPS) is 11.9. The monoisotopic (exact) mass is 315 g/mol. The third-order valence-corrected chi connectivity index (χ3v) is 2.75. The van der Waals surface area contributed by atoms with Crippen LogP contribution in [-0.4, -0.2) is 34.1 Å². The molecule has 2 aromatic heterocycles. The number of fused-ring (bicyclic) bond motifs is 1. The third kappa shape index (κ3) is 3.57. The summed E-state index contributed by atoms with van der Waals surface area (Å²) in [5, 5.41) is 13.2. The second-order valence-electron chi connectivity index (χ2n) is 3.96. The SMILES string of the molecule is N=C/C(=C\NCC(F)F)Nc1nc(N)c2c(Cl)c[nH]c2n1. The highest BCUT2D eigenvalue weighted by Gasteiger charge is 2.10. The van der Waals surface area contributed by atoms with Crippen molar-refractivity contribution < 1.29 is 8.78 Å². The number of aromatic amines is 1. The van der Waals surface area contributed by atoms with E-state index in [-0.39, 0.29) is 17.5 Å². The number of anilines is 2. The number of nitrogens with two attached hydrogens (primary N) is 1. The average molecular weight is 316 g/mol. The van der Waals surface area contributed by atoms with Crippen LogP contribution in [0.2, 0.25) is 5.02 Å². The molecule has 0 unspecified atom stereocenters. The van der Waals surface area contributed by atoms with Crippen molar-refractivity contribution in [1.82, 2.24) is 20.3 Å². The van der Waals surface area contributed by atoms with E-state index in [4.69, 9.17) is 22.7 Å². The van der Waals surface area contributed by atoms with Crippen LogP contribution in [-0.2, 0) is 0 Å². The lowest BCUT2D eigenvalue weighted by Crippen LogP contribution is -2.18. The van der Waals surface area contributed by atoms with E-state index in [2.05, 4.69) is 25.6 Å². The van der Waals surface area contributed by atoms with Gasteiger partial charge in [0.25, 0.3) is 6.43 Å². The van der Waals surface area contributed by atoms with Crippen molar-refractivity contribution >= 4 is 40.6 Å². The summed E-state index contributed by atoms with van der Waals surface area (Å²) in [5.74, 6) is 0.283. The second kappa shape index (κ2) is 6.35. The Bertz CT molecular complexity index is 683. The molecular formula is C11H12ClF2N7. The minimum Gasteiger partial charge on any atom is -0.383 e. The number of nitrogens with one attached hydrogen (secondary N) is 4. The van der Waals surface area contributed by atoms with Gasteiger partial charge in [-0.2, -0.15) is 9.97 Å². The molecule has 2 rings (SSSR count). The number of nitrogens with zero attached hydrogens (tertiary/aromatic N) is 2. The van der Waals surface area contributed by atoms with Gasteiger partial charge in [-0.1, -0.05) is 11.6 Å². The predicted octanol–water partition coefficient (Wildman–Crippen LogP) is 1.95. The highest BCUT2D eigenvalue weighted by Crippen LogP contribution is 2.26. The summed E-state index contributed by atoms with van der Waals surface area (Å²) in [5.41, 5.74) is 6.40. The zero-order valence-corrected chi connectivity index (χ0v) is 11.4. The molecule has 0 aliphatic rings. The molecule has 0 amide bonds. The molecule has 0 aromatic carbocycles. The van der Waals surface area contributed by atoms with E-state index in [1.165, 1.54) is 12.4 Å². The van der Waals surface area contributed by atoms with E-state index >= 15 is 0 Å². The Balaban J connectivity index is 2.19. The Hall–Kier alpha value is -2.42. The van der Waals surface area contributed by atoms with Crippen LogP contribution in [0.5, 0.6) is 0 Å². The number of halogens is 3. The Kier molecular flexibility index (Phi) is 4.53. The van der Waals surface area contributed by atoms with Gasteiger partial charge in [-0.3, -0.25) is 0 Å². The van der Waals surface area contributed by atoms with E-state index in [0.717, 1.165) is 6.21 Å². The molecule has 0 aliphatic heterocycles. The zero-order chi connectivity index (χ0) is 15.4. The van der Waals surface area contributed by atoms with Crippen LogP contribution in [0.1, 0.15) is 0 Å². The van der Waals surface area contributed by atoms with Gasteiger partial charge in [0.15, 0.2) is 0 Å².